The summed E-state index contributed by atoms with van der Waals surface area (Å²) in [5.74, 6) is 0.709. The van der Waals surface area contributed by atoms with Crippen LogP contribution in [0.4, 0.5) is 11.4 Å². The average molecular weight is 439 g/mol. The van der Waals surface area contributed by atoms with Gasteiger partial charge in [-0.1, -0.05) is 44.2 Å². The second-order valence-corrected chi connectivity index (χ2v) is 9.19. The molecular weight excluding hydrogens is 412 g/mol. The molecule has 7 heteroatoms. The van der Waals surface area contributed by atoms with Crippen LogP contribution >= 0.6 is 0 Å². The van der Waals surface area contributed by atoms with Crippen LogP contribution in [0.2, 0.25) is 0 Å². The smallest absolute Gasteiger partial charge is 0.262 e. The number of amides is 1. The summed E-state index contributed by atoms with van der Waals surface area (Å²) >= 11 is 0. The van der Waals surface area contributed by atoms with Gasteiger partial charge in [-0.05, 0) is 66.4 Å². The predicted molar refractivity (Wildman–Crippen MR) is 123 cm³/mol. The summed E-state index contributed by atoms with van der Waals surface area (Å²) in [4.78, 5) is 12.3. The SMILES string of the molecule is Cc1ccccc1NS(=O)(=O)c1ccc(NC(=O)COc2ccc(C(C)C)cc2)cc1. The summed E-state index contributed by atoms with van der Waals surface area (Å²) in [6, 6.07) is 20.7. The van der Waals surface area contributed by atoms with Gasteiger partial charge in [0.25, 0.3) is 15.9 Å². The number of aryl methyl sites for hydroxylation is 1. The largest absolute Gasteiger partial charge is 0.484 e. The van der Waals surface area contributed by atoms with Crippen LogP contribution in [-0.4, -0.2) is 20.9 Å². The summed E-state index contributed by atoms with van der Waals surface area (Å²) in [7, 11) is -3.72. The Morgan fingerprint density at radius 1 is 0.935 bits per heavy atom. The Bertz CT molecular complexity index is 1140. The van der Waals surface area contributed by atoms with Crippen molar-refractivity contribution >= 4 is 27.3 Å². The molecule has 0 aliphatic heterocycles. The van der Waals surface area contributed by atoms with Crippen LogP contribution in [0.1, 0.15) is 30.9 Å². The minimum absolute atomic E-state index is 0.107. The molecule has 1 amide bonds. The summed E-state index contributed by atoms with van der Waals surface area (Å²) in [6.07, 6.45) is 0. The maximum absolute atomic E-state index is 12.6. The second kappa shape index (κ2) is 9.66. The molecule has 0 radical (unpaired) electrons. The molecule has 3 aromatic carbocycles. The highest BCUT2D eigenvalue weighted by atomic mass is 32.2. The Morgan fingerprint density at radius 3 is 2.19 bits per heavy atom. The van der Waals surface area contributed by atoms with Crippen LogP contribution in [0.3, 0.4) is 0 Å². The Kier molecular flexibility index (Phi) is 6.97. The number of sulfonamides is 1. The molecule has 6 nitrogen and oxygen atoms in total. The van der Waals surface area contributed by atoms with E-state index in [4.69, 9.17) is 4.74 Å². The van der Waals surface area contributed by atoms with E-state index in [1.54, 1.807) is 24.3 Å². The summed E-state index contributed by atoms with van der Waals surface area (Å²) in [5.41, 5.74) is 3.04. The van der Waals surface area contributed by atoms with Gasteiger partial charge in [-0.25, -0.2) is 8.42 Å². The van der Waals surface area contributed by atoms with Gasteiger partial charge in [0.2, 0.25) is 0 Å². The highest BCUT2D eigenvalue weighted by Crippen LogP contribution is 2.21. The molecule has 0 atom stereocenters. The first-order valence-electron chi connectivity index (χ1n) is 9.96. The zero-order chi connectivity index (χ0) is 22.4. The number of nitrogens with one attached hydrogen (secondary N) is 2. The quantitative estimate of drug-likeness (QED) is 0.522. The maximum Gasteiger partial charge on any atom is 0.262 e. The van der Waals surface area contributed by atoms with Crippen LogP contribution in [0.15, 0.2) is 77.7 Å². The number of hydrogen-bond acceptors (Lipinski definition) is 4. The van der Waals surface area contributed by atoms with Crippen molar-refractivity contribution in [2.75, 3.05) is 16.6 Å². The normalized spacial score (nSPS) is 11.2. The lowest BCUT2D eigenvalue weighted by Crippen LogP contribution is -2.20. The standard InChI is InChI=1S/C24H26N2O4S/c1-17(2)19-8-12-21(13-9-19)30-16-24(27)25-20-10-14-22(15-11-20)31(28,29)26-23-7-5-4-6-18(23)3/h4-15,17,26H,16H2,1-3H3,(H,25,27). The van der Waals surface area contributed by atoms with E-state index in [9.17, 15) is 13.2 Å². The van der Waals surface area contributed by atoms with Crippen LogP contribution in [0.25, 0.3) is 0 Å². The third kappa shape index (κ3) is 6.08. The number of para-hydroxylation sites is 1. The molecule has 0 aliphatic rings. The fourth-order valence-corrected chi connectivity index (χ4v) is 4.03. The zero-order valence-electron chi connectivity index (χ0n) is 17.8. The number of carbonyl (C=O) groups excluding carboxylic acids is 1. The van der Waals surface area contributed by atoms with Gasteiger partial charge in [-0.2, -0.15) is 0 Å². The summed E-state index contributed by atoms with van der Waals surface area (Å²) in [5, 5.41) is 2.70. The fraction of sp³-hybridized carbons (Fsp3) is 0.208. The Hall–Kier alpha value is -3.32. The first-order valence-corrected chi connectivity index (χ1v) is 11.4. The summed E-state index contributed by atoms with van der Waals surface area (Å²) < 4.78 is 33.3. The van der Waals surface area contributed by atoms with Crippen LogP contribution in [0, 0.1) is 6.92 Å². The van der Waals surface area contributed by atoms with Crippen molar-refractivity contribution in [1.29, 1.82) is 0 Å². The number of carbonyl (C=O) groups is 1. The third-order valence-electron chi connectivity index (χ3n) is 4.75. The molecule has 0 saturated heterocycles. The van der Waals surface area contributed by atoms with E-state index in [0.717, 1.165) is 5.56 Å². The van der Waals surface area contributed by atoms with E-state index < -0.39 is 10.0 Å². The van der Waals surface area contributed by atoms with E-state index in [-0.39, 0.29) is 17.4 Å². The molecule has 0 aromatic heterocycles. The Morgan fingerprint density at radius 2 is 1.58 bits per heavy atom. The molecule has 0 unspecified atom stereocenters. The molecule has 0 spiro atoms. The topological polar surface area (TPSA) is 84.5 Å². The van der Waals surface area contributed by atoms with Gasteiger partial charge < -0.3 is 10.1 Å². The van der Waals surface area contributed by atoms with E-state index in [2.05, 4.69) is 23.9 Å². The van der Waals surface area contributed by atoms with Gasteiger partial charge in [0, 0.05) is 5.69 Å². The summed E-state index contributed by atoms with van der Waals surface area (Å²) in [6.45, 7) is 5.91. The maximum atomic E-state index is 12.6. The van der Waals surface area contributed by atoms with Crippen LogP contribution in [-0.2, 0) is 14.8 Å². The van der Waals surface area contributed by atoms with E-state index >= 15 is 0 Å². The number of rotatable bonds is 8. The minimum Gasteiger partial charge on any atom is -0.484 e. The molecule has 162 valence electrons. The van der Waals surface area contributed by atoms with Gasteiger partial charge in [0.05, 0.1) is 10.6 Å². The van der Waals surface area contributed by atoms with Crippen molar-refractivity contribution in [3.63, 3.8) is 0 Å². The molecule has 0 heterocycles. The Labute approximate surface area is 183 Å². The molecule has 31 heavy (non-hydrogen) atoms. The van der Waals surface area contributed by atoms with Crippen molar-refractivity contribution in [2.45, 2.75) is 31.6 Å². The highest BCUT2D eigenvalue weighted by molar-refractivity contribution is 7.92. The highest BCUT2D eigenvalue weighted by Gasteiger charge is 2.15. The fourth-order valence-electron chi connectivity index (χ4n) is 2.90. The number of benzene rings is 3. The lowest BCUT2D eigenvalue weighted by molar-refractivity contribution is -0.118. The van der Waals surface area contributed by atoms with Crippen molar-refractivity contribution in [1.82, 2.24) is 0 Å². The molecule has 3 aromatic rings. The molecule has 0 saturated carbocycles. The molecule has 2 N–H and O–H groups in total. The van der Waals surface area contributed by atoms with Crippen LogP contribution in [0.5, 0.6) is 5.75 Å². The first kappa shape index (κ1) is 22.4. The minimum atomic E-state index is -3.72. The van der Waals surface area contributed by atoms with Gasteiger partial charge >= 0.3 is 0 Å². The monoisotopic (exact) mass is 438 g/mol. The zero-order valence-corrected chi connectivity index (χ0v) is 18.6. The first-order chi connectivity index (χ1) is 14.7. The number of ether oxygens (including phenoxy) is 1. The predicted octanol–water partition coefficient (Wildman–Crippen LogP) is 4.94. The lowest BCUT2D eigenvalue weighted by atomic mass is 10.0. The van der Waals surface area contributed by atoms with Gasteiger partial charge in [-0.3, -0.25) is 9.52 Å². The van der Waals surface area contributed by atoms with E-state index in [0.29, 0.717) is 23.0 Å². The molecule has 0 fully saturated rings. The molecule has 0 bridgehead atoms. The average Bonchev–Trinajstić information content (AvgIpc) is 2.74. The van der Waals surface area contributed by atoms with E-state index in [1.807, 2.05) is 43.3 Å². The van der Waals surface area contributed by atoms with Crippen molar-refractivity contribution < 1.29 is 17.9 Å². The number of hydrogen-bond donors (Lipinski definition) is 2. The van der Waals surface area contributed by atoms with Gasteiger partial charge in [-0.15, -0.1) is 0 Å². The molecule has 3 rings (SSSR count). The molecular formula is C24H26N2O4S. The van der Waals surface area contributed by atoms with Crippen molar-refractivity contribution in [2.24, 2.45) is 0 Å². The molecule has 0 aliphatic carbocycles. The van der Waals surface area contributed by atoms with Crippen molar-refractivity contribution in [3.8, 4) is 5.75 Å². The number of anilines is 2. The van der Waals surface area contributed by atoms with Gasteiger partial charge in [0.15, 0.2) is 6.61 Å². The van der Waals surface area contributed by atoms with E-state index in [1.165, 1.54) is 17.7 Å². The second-order valence-electron chi connectivity index (χ2n) is 7.51. The lowest BCUT2D eigenvalue weighted by Gasteiger charge is -2.12. The Balaban J connectivity index is 1.57. The third-order valence-corrected chi connectivity index (χ3v) is 6.14. The van der Waals surface area contributed by atoms with Crippen LogP contribution < -0.4 is 14.8 Å². The van der Waals surface area contributed by atoms with Crippen molar-refractivity contribution in [3.05, 3.63) is 83.9 Å². The van der Waals surface area contributed by atoms with Gasteiger partial charge in [0.1, 0.15) is 5.75 Å².